The van der Waals surface area contributed by atoms with Crippen LogP contribution in [0, 0.1) is 13.8 Å². The molecule has 4 rings (SSSR count). The molecule has 0 radical (unpaired) electrons. The smallest absolute Gasteiger partial charge is 0.374 e. The summed E-state index contributed by atoms with van der Waals surface area (Å²) in [4.78, 5) is 24.4. The zero-order valence-electron chi connectivity index (χ0n) is 15.6. The lowest BCUT2D eigenvalue weighted by molar-refractivity contribution is 0.0444. The highest BCUT2D eigenvalue weighted by atomic mass is 16.7. The highest BCUT2D eigenvalue weighted by Crippen LogP contribution is 2.33. The Hall–Kier alpha value is -3.48. The van der Waals surface area contributed by atoms with Gasteiger partial charge in [-0.1, -0.05) is 6.07 Å². The molecule has 0 N–H and O–H groups in total. The van der Waals surface area contributed by atoms with Crippen molar-refractivity contribution in [2.24, 2.45) is 0 Å². The number of carbonyl (C=O) groups excluding carboxylic acids is 2. The Labute approximate surface area is 161 Å². The Balaban J connectivity index is 1.47. The van der Waals surface area contributed by atoms with Gasteiger partial charge in [-0.15, -0.1) is 0 Å². The number of ether oxygens (including phenoxy) is 3. The summed E-state index contributed by atoms with van der Waals surface area (Å²) in [6.07, 6.45) is 1.38. The topological polar surface area (TPSA) is 79.9 Å². The van der Waals surface area contributed by atoms with Crippen LogP contribution < -0.4 is 9.47 Å². The Bertz CT molecular complexity index is 1030. The Morgan fingerprint density at radius 3 is 2.71 bits per heavy atom. The number of aromatic nitrogens is 1. The molecule has 1 aliphatic heterocycles. The second-order valence-corrected chi connectivity index (χ2v) is 6.54. The molecule has 0 fully saturated rings. The van der Waals surface area contributed by atoms with Crippen molar-refractivity contribution in [2.45, 2.75) is 20.4 Å². The SMILES string of the molecule is Cc1cc(C(=O)COC(=O)c2ccco2)c(C)n1Cc1ccc2c(c1)OCO2. The molecule has 3 heterocycles. The number of nitrogens with zero attached hydrogens (tertiary/aromatic N) is 1. The fraction of sp³-hybridized carbons (Fsp3) is 0.238. The standard InChI is InChI=1S/C21H19NO6/c1-13-8-16(17(23)11-26-21(24)19-4-3-7-25-19)14(2)22(13)10-15-5-6-18-20(9-15)28-12-27-18/h3-9H,10-12H2,1-2H3. The zero-order valence-corrected chi connectivity index (χ0v) is 15.6. The molecule has 0 aliphatic carbocycles. The minimum atomic E-state index is -0.660. The van der Waals surface area contributed by atoms with Crippen LogP contribution in [0.4, 0.5) is 0 Å². The van der Waals surface area contributed by atoms with Crippen molar-refractivity contribution in [2.75, 3.05) is 13.4 Å². The molecule has 3 aromatic rings. The summed E-state index contributed by atoms with van der Waals surface area (Å²) >= 11 is 0. The number of furan rings is 1. The average molecular weight is 381 g/mol. The quantitative estimate of drug-likeness (QED) is 0.480. The van der Waals surface area contributed by atoms with Crippen LogP contribution >= 0.6 is 0 Å². The van der Waals surface area contributed by atoms with Crippen molar-refractivity contribution in [1.29, 1.82) is 0 Å². The van der Waals surface area contributed by atoms with E-state index in [4.69, 9.17) is 18.6 Å². The van der Waals surface area contributed by atoms with E-state index in [1.807, 2.05) is 42.7 Å². The summed E-state index contributed by atoms with van der Waals surface area (Å²) in [6, 6.07) is 10.7. The van der Waals surface area contributed by atoms with E-state index in [1.165, 1.54) is 12.3 Å². The van der Waals surface area contributed by atoms with Gasteiger partial charge in [-0.3, -0.25) is 4.79 Å². The molecule has 0 amide bonds. The molecule has 144 valence electrons. The summed E-state index contributed by atoms with van der Waals surface area (Å²) in [5.74, 6) is 0.610. The molecule has 0 bridgehead atoms. The normalized spacial score (nSPS) is 12.2. The van der Waals surface area contributed by atoms with Crippen molar-refractivity contribution in [1.82, 2.24) is 4.57 Å². The number of aryl methyl sites for hydroxylation is 1. The largest absolute Gasteiger partial charge is 0.457 e. The van der Waals surface area contributed by atoms with Crippen molar-refractivity contribution >= 4 is 11.8 Å². The molecule has 28 heavy (non-hydrogen) atoms. The maximum absolute atomic E-state index is 12.6. The minimum Gasteiger partial charge on any atom is -0.457 e. The first kappa shape index (κ1) is 17.9. The van der Waals surface area contributed by atoms with Gasteiger partial charge in [0.15, 0.2) is 18.1 Å². The van der Waals surface area contributed by atoms with Gasteiger partial charge in [0.1, 0.15) is 0 Å². The van der Waals surface area contributed by atoms with Gasteiger partial charge in [0.2, 0.25) is 18.3 Å². The molecule has 1 aliphatic rings. The van der Waals surface area contributed by atoms with Crippen LogP contribution in [-0.4, -0.2) is 29.7 Å². The number of rotatable bonds is 6. The van der Waals surface area contributed by atoms with Crippen LogP contribution in [0.2, 0.25) is 0 Å². The summed E-state index contributed by atoms with van der Waals surface area (Å²) in [5, 5.41) is 0. The molecule has 7 heteroatoms. The fourth-order valence-electron chi connectivity index (χ4n) is 3.22. The predicted molar refractivity (Wildman–Crippen MR) is 98.9 cm³/mol. The maximum atomic E-state index is 12.6. The minimum absolute atomic E-state index is 0.0704. The third-order valence-electron chi connectivity index (χ3n) is 4.71. The molecule has 0 atom stereocenters. The second kappa shape index (κ2) is 7.26. The van der Waals surface area contributed by atoms with Crippen LogP contribution in [0.5, 0.6) is 11.5 Å². The lowest BCUT2D eigenvalue weighted by atomic mass is 10.1. The highest BCUT2D eigenvalue weighted by molar-refractivity contribution is 6.00. The van der Waals surface area contributed by atoms with Gasteiger partial charge in [0, 0.05) is 23.5 Å². The zero-order chi connectivity index (χ0) is 19.7. The molecule has 2 aromatic heterocycles. The van der Waals surface area contributed by atoms with Crippen molar-refractivity contribution in [3.8, 4) is 11.5 Å². The first-order chi connectivity index (χ1) is 13.5. The van der Waals surface area contributed by atoms with Gasteiger partial charge < -0.3 is 23.2 Å². The number of esters is 1. The number of ketones is 1. The van der Waals surface area contributed by atoms with E-state index < -0.39 is 5.97 Å². The number of fused-ring (bicyclic) bond motifs is 1. The number of Topliss-reactive ketones (excluding diaryl/α,β-unsaturated/α-hetero) is 1. The average Bonchev–Trinajstić information content (AvgIpc) is 3.42. The van der Waals surface area contributed by atoms with E-state index in [2.05, 4.69) is 0 Å². The molecule has 0 unspecified atom stereocenters. The van der Waals surface area contributed by atoms with Gasteiger partial charge in [-0.25, -0.2) is 4.79 Å². The number of carbonyl (C=O) groups is 2. The second-order valence-electron chi connectivity index (χ2n) is 6.54. The molecule has 0 spiro atoms. The van der Waals surface area contributed by atoms with Crippen LogP contribution in [0.15, 0.2) is 47.1 Å². The number of hydrogen-bond donors (Lipinski definition) is 0. The van der Waals surface area contributed by atoms with Crippen LogP contribution in [-0.2, 0) is 11.3 Å². The van der Waals surface area contributed by atoms with E-state index in [9.17, 15) is 9.59 Å². The lowest BCUT2D eigenvalue weighted by Gasteiger charge is -2.11. The third-order valence-corrected chi connectivity index (χ3v) is 4.71. The van der Waals surface area contributed by atoms with Gasteiger partial charge in [-0.2, -0.15) is 0 Å². The van der Waals surface area contributed by atoms with E-state index in [0.717, 1.165) is 28.5 Å². The van der Waals surface area contributed by atoms with Gasteiger partial charge in [0.25, 0.3) is 0 Å². The van der Waals surface area contributed by atoms with Crippen LogP contribution in [0.3, 0.4) is 0 Å². The summed E-state index contributed by atoms with van der Waals surface area (Å²) in [7, 11) is 0. The van der Waals surface area contributed by atoms with Crippen LogP contribution in [0.1, 0.15) is 37.9 Å². The summed E-state index contributed by atoms with van der Waals surface area (Å²) in [5.41, 5.74) is 3.32. The Morgan fingerprint density at radius 1 is 1.11 bits per heavy atom. The predicted octanol–water partition coefficient (Wildman–Crippen LogP) is 3.51. The van der Waals surface area contributed by atoms with Crippen molar-refractivity contribution in [3.05, 3.63) is 70.9 Å². The van der Waals surface area contributed by atoms with Gasteiger partial charge in [0.05, 0.1) is 6.26 Å². The van der Waals surface area contributed by atoms with E-state index in [1.54, 1.807) is 6.07 Å². The van der Waals surface area contributed by atoms with E-state index >= 15 is 0 Å². The molecule has 1 aromatic carbocycles. The number of benzene rings is 1. The first-order valence-electron chi connectivity index (χ1n) is 8.82. The number of hydrogen-bond acceptors (Lipinski definition) is 6. The molecule has 0 saturated carbocycles. The highest BCUT2D eigenvalue weighted by Gasteiger charge is 2.20. The van der Waals surface area contributed by atoms with E-state index in [0.29, 0.717) is 12.1 Å². The van der Waals surface area contributed by atoms with E-state index in [-0.39, 0.29) is 24.9 Å². The molecule has 7 nitrogen and oxygen atoms in total. The molecular weight excluding hydrogens is 362 g/mol. The van der Waals surface area contributed by atoms with Crippen LogP contribution in [0.25, 0.3) is 0 Å². The first-order valence-corrected chi connectivity index (χ1v) is 8.82. The Morgan fingerprint density at radius 2 is 1.93 bits per heavy atom. The summed E-state index contributed by atoms with van der Waals surface area (Å²) in [6.45, 7) is 4.30. The van der Waals surface area contributed by atoms with Crippen molar-refractivity contribution in [3.63, 3.8) is 0 Å². The van der Waals surface area contributed by atoms with Gasteiger partial charge >= 0.3 is 5.97 Å². The molecule has 0 saturated heterocycles. The monoisotopic (exact) mass is 381 g/mol. The summed E-state index contributed by atoms with van der Waals surface area (Å²) < 4.78 is 22.8. The van der Waals surface area contributed by atoms with Crippen molar-refractivity contribution < 1.29 is 28.2 Å². The van der Waals surface area contributed by atoms with Gasteiger partial charge in [-0.05, 0) is 49.7 Å². The third kappa shape index (κ3) is 3.38. The maximum Gasteiger partial charge on any atom is 0.374 e. The Kier molecular flexibility index (Phi) is 4.65. The lowest BCUT2D eigenvalue weighted by Crippen LogP contribution is -2.15. The molecular formula is C21H19NO6. The fourth-order valence-corrected chi connectivity index (χ4v) is 3.22.